The predicted octanol–water partition coefficient (Wildman–Crippen LogP) is 6.53. The summed E-state index contributed by atoms with van der Waals surface area (Å²) in [5.41, 5.74) is 9.49. The van der Waals surface area contributed by atoms with E-state index in [1.807, 2.05) is 20.8 Å². The van der Waals surface area contributed by atoms with Gasteiger partial charge in [-0.25, -0.2) is 9.97 Å². The molecule has 10 heteroatoms. The zero-order valence-electron chi connectivity index (χ0n) is 31.6. The fourth-order valence-corrected chi connectivity index (χ4v) is 6.56. The Morgan fingerprint density at radius 1 is 0.979 bits per heavy atom. The van der Waals surface area contributed by atoms with E-state index in [0.29, 0.717) is 18.8 Å². The summed E-state index contributed by atoms with van der Waals surface area (Å²) in [6.45, 7) is 23.5. The topological polar surface area (TPSA) is 102 Å². The molecule has 3 aromatic rings. The van der Waals surface area contributed by atoms with Crippen molar-refractivity contribution in [2.24, 2.45) is 5.41 Å². The summed E-state index contributed by atoms with van der Waals surface area (Å²) in [6.07, 6.45) is 5.74. The Hall–Kier alpha value is -2.95. The van der Waals surface area contributed by atoms with E-state index in [1.165, 1.54) is 5.69 Å². The number of nitrogen functional groups attached to an aromatic ring is 1. The molecule has 0 amide bonds. The van der Waals surface area contributed by atoms with Crippen LogP contribution in [0.4, 0.5) is 11.5 Å². The van der Waals surface area contributed by atoms with Gasteiger partial charge in [0.15, 0.2) is 5.82 Å². The van der Waals surface area contributed by atoms with Gasteiger partial charge in [0.05, 0.1) is 29.7 Å². The SMILES string of the molecule is CCCCc1nc2c(N)nc3ccc(N4CCN(CC(C)(C)OCC(C)(C)CC(=O)OC(C)(C)C)CC4)cc3c2n1CCCCN(C)C. The highest BCUT2D eigenvalue weighted by molar-refractivity contribution is 6.07. The number of pyridine rings is 1. The van der Waals surface area contributed by atoms with Gasteiger partial charge in [-0.3, -0.25) is 9.69 Å². The standard InChI is InChI=1S/C38H63N7O3/c1-11-12-15-31-41-33-34(45(31)19-14-13-18-42(9)10)29-24-28(16-17-30(29)40-35(33)39)44-22-20-43(21-23-44)26-38(7,8)47-27-37(5,6)25-32(46)48-36(2,3)4/h16-17,24H,11-15,18-23,25-27H2,1-10H3,(H2,39,40). The molecule has 2 aromatic heterocycles. The molecule has 10 nitrogen and oxygen atoms in total. The first-order valence-corrected chi connectivity index (χ1v) is 18.0. The van der Waals surface area contributed by atoms with Crippen LogP contribution in [0.1, 0.15) is 93.3 Å². The fourth-order valence-electron chi connectivity index (χ4n) is 6.56. The first kappa shape index (κ1) is 37.9. The van der Waals surface area contributed by atoms with Crippen LogP contribution in [-0.4, -0.2) is 101 Å². The van der Waals surface area contributed by atoms with Gasteiger partial charge in [-0.05, 0) is 98.1 Å². The van der Waals surface area contributed by atoms with E-state index >= 15 is 0 Å². The first-order valence-electron chi connectivity index (χ1n) is 18.0. The molecule has 0 atom stereocenters. The number of anilines is 2. The molecular weight excluding hydrogens is 602 g/mol. The molecule has 0 unspecified atom stereocenters. The van der Waals surface area contributed by atoms with Crippen LogP contribution in [0.3, 0.4) is 0 Å². The van der Waals surface area contributed by atoms with Crippen LogP contribution in [0.15, 0.2) is 18.2 Å². The third-order valence-electron chi connectivity index (χ3n) is 8.99. The Morgan fingerprint density at radius 3 is 2.33 bits per heavy atom. The highest BCUT2D eigenvalue weighted by Crippen LogP contribution is 2.33. The molecule has 0 saturated carbocycles. The van der Waals surface area contributed by atoms with Crippen LogP contribution in [-0.2, 0) is 27.2 Å². The van der Waals surface area contributed by atoms with Crippen LogP contribution in [0.25, 0.3) is 21.9 Å². The number of carbonyl (C=O) groups excluding carboxylic acids is 1. The number of imidazole rings is 1. The third-order valence-corrected chi connectivity index (χ3v) is 8.99. The molecule has 48 heavy (non-hydrogen) atoms. The van der Waals surface area contributed by atoms with Crippen LogP contribution in [0, 0.1) is 5.41 Å². The zero-order chi connectivity index (χ0) is 35.3. The highest BCUT2D eigenvalue weighted by Gasteiger charge is 2.31. The van der Waals surface area contributed by atoms with Gasteiger partial charge in [0.25, 0.3) is 0 Å². The van der Waals surface area contributed by atoms with E-state index in [1.54, 1.807) is 0 Å². The lowest BCUT2D eigenvalue weighted by molar-refractivity contribution is -0.159. The molecule has 0 aliphatic carbocycles. The van der Waals surface area contributed by atoms with E-state index in [4.69, 9.17) is 25.2 Å². The van der Waals surface area contributed by atoms with Gasteiger partial charge in [-0.15, -0.1) is 0 Å². The molecule has 1 aromatic carbocycles. The monoisotopic (exact) mass is 665 g/mol. The van der Waals surface area contributed by atoms with Crippen molar-refractivity contribution >= 4 is 39.4 Å². The summed E-state index contributed by atoms with van der Waals surface area (Å²) >= 11 is 0. The second-order valence-corrected chi connectivity index (χ2v) is 16.4. The maximum atomic E-state index is 12.4. The quantitative estimate of drug-likeness (QED) is 0.135. The Bertz CT molecular complexity index is 1510. The van der Waals surface area contributed by atoms with Crippen molar-refractivity contribution in [1.82, 2.24) is 24.3 Å². The Labute approximate surface area is 289 Å². The van der Waals surface area contributed by atoms with Crippen molar-refractivity contribution in [2.45, 2.75) is 112 Å². The second kappa shape index (κ2) is 15.7. The summed E-state index contributed by atoms with van der Waals surface area (Å²) in [5, 5.41) is 1.13. The lowest BCUT2D eigenvalue weighted by Gasteiger charge is -2.40. The van der Waals surface area contributed by atoms with Gasteiger partial charge in [-0.1, -0.05) is 27.2 Å². The molecule has 0 radical (unpaired) electrons. The highest BCUT2D eigenvalue weighted by atomic mass is 16.6. The van der Waals surface area contributed by atoms with E-state index in [0.717, 1.165) is 106 Å². The number of benzene rings is 1. The van der Waals surface area contributed by atoms with Crippen molar-refractivity contribution in [3.05, 3.63) is 24.0 Å². The predicted molar refractivity (Wildman–Crippen MR) is 199 cm³/mol. The molecule has 1 fully saturated rings. The summed E-state index contributed by atoms with van der Waals surface area (Å²) in [5.74, 6) is 1.46. The van der Waals surface area contributed by atoms with Gasteiger partial charge < -0.3 is 29.6 Å². The molecule has 3 heterocycles. The number of piperazine rings is 1. The van der Waals surface area contributed by atoms with Crippen molar-refractivity contribution in [1.29, 1.82) is 0 Å². The molecule has 268 valence electrons. The normalized spacial score (nSPS) is 15.3. The second-order valence-electron chi connectivity index (χ2n) is 16.4. The van der Waals surface area contributed by atoms with Gasteiger partial charge in [-0.2, -0.15) is 0 Å². The van der Waals surface area contributed by atoms with Gasteiger partial charge >= 0.3 is 5.97 Å². The number of carbonyl (C=O) groups is 1. The zero-order valence-corrected chi connectivity index (χ0v) is 31.6. The molecule has 4 rings (SSSR count). The lowest BCUT2D eigenvalue weighted by atomic mass is 9.90. The molecule has 1 aliphatic heterocycles. The van der Waals surface area contributed by atoms with E-state index in [2.05, 4.69) is 86.2 Å². The number of fused-ring (bicyclic) bond motifs is 3. The molecule has 1 saturated heterocycles. The van der Waals surface area contributed by atoms with Crippen LogP contribution < -0.4 is 10.6 Å². The summed E-state index contributed by atoms with van der Waals surface area (Å²) in [6, 6.07) is 6.62. The molecule has 0 bridgehead atoms. The Balaban J connectivity index is 1.44. The van der Waals surface area contributed by atoms with Crippen molar-refractivity contribution in [3.8, 4) is 0 Å². The molecular formula is C38H63N7O3. The minimum absolute atomic E-state index is 0.180. The number of ether oxygens (including phenoxy) is 2. The molecule has 2 N–H and O–H groups in total. The van der Waals surface area contributed by atoms with Crippen molar-refractivity contribution in [3.63, 3.8) is 0 Å². The summed E-state index contributed by atoms with van der Waals surface area (Å²) in [4.78, 5) is 29.5. The fraction of sp³-hybridized carbons (Fsp3) is 0.711. The number of esters is 1. The average molecular weight is 666 g/mol. The van der Waals surface area contributed by atoms with Gasteiger partial charge in [0, 0.05) is 56.8 Å². The minimum atomic E-state index is -0.481. The number of hydrogen-bond donors (Lipinski definition) is 1. The van der Waals surface area contributed by atoms with Gasteiger partial charge in [0.1, 0.15) is 16.9 Å². The number of aromatic nitrogens is 3. The number of hydrogen-bond acceptors (Lipinski definition) is 9. The van der Waals surface area contributed by atoms with Crippen molar-refractivity contribution < 1.29 is 14.3 Å². The third kappa shape index (κ3) is 10.5. The Kier molecular flexibility index (Phi) is 12.4. The van der Waals surface area contributed by atoms with Gasteiger partial charge in [0.2, 0.25) is 0 Å². The largest absolute Gasteiger partial charge is 0.460 e. The van der Waals surface area contributed by atoms with E-state index in [9.17, 15) is 4.79 Å². The van der Waals surface area contributed by atoms with E-state index in [-0.39, 0.29) is 17.0 Å². The maximum Gasteiger partial charge on any atom is 0.306 e. The number of aryl methyl sites for hydroxylation is 2. The number of nitrogens with zero attached hydrogens (tertiary/aromatic N) is 6. The first-order chi connectivity index (χ1) is 22.5. The minimum Gasteiger partial charge on any atom is -0.460 e. The number of unbranched alkanes of at least 4 members (excludes halogenated alkanes) is 2. The molecule has 1 aliphatic rings. The number of rotatable bonds is 16. The lowest BCUT2D eigenvalue weighted by Crippen LogP contribution is -2.51. The average Bonchev–Trinajstić information content (AvgIpc) is 3.35. The molecule has 0 spiro atoms. The van der Waals surface area contributed by atoms with Crippen LogP contribution in [0.2, 0.25) is 0 Å². The summed E-state index contributed by atoms with van der Waals surface area (Å²) < 4.78 is 14.4. The summed E-state index contributed by atoms with van der Waals surface area (Å²) in [7, 11) is 4.26. The Morgan fingerprint density at radius 2 is 1.69 bits per heavy atom. The van der Waals surface area contributed by atoms with Crippen LogP contribution >= 0.6 is 0 Å². The maximum absolute atomic E-state index is 12.4. The number of nitrogens with two attached hydrogens (primary N) is 1. The van der Waals surface area contributed by atoms with Crippen LogP contribution in [0.5, 0.6) is 0 Å². The van der Waals surface area contributed by atoms with Crippen molar-refractivity contribution in [2.75, 3.05) is 70.6 Å². The van der Waals surface area contributed by atoms with E-state index < -0.39 is 5.60 Å². The smallest absolute Gasteiger partial charge is 0.306 e.